The number of carbonyl (C=O) groups is 1. The van der Waals surface area contributed by atoms with Crippen LogP contribution in [0.3, 0.4) is 0 Å². The third kappa shape index (κ3) is 3.26. The second kappa shape index (κ2) is 6.00. The van der Waals surface area contributed by atoms with Gasteiger partial charge in [-0.05, 0) is 51.1 Å². The SMILES string of the molecule is Cc1ccc(NC(=O)c2ccc(-n3nc(C)cc3C)nc2)cn1. The monoisotopic (exact) mass is 307 g/mol. The molecule has 3 rings (SSSR count). The lowest BCUT2D eigenvalue weighted by Crippen LogP contribution is -2.13. The second-order valence-corrected chi connectivity index (χ2v) is 5.39. The molecule has 0 aromatic carbocycles. The molecule has 116 valence electrons. The zero-order chi connectivity index (χ0) is 16.4. The molecule has 0 unspecified atom stereocenters. The van der Waals surface area contributed by atoms with Crippen LogP contribution < -0.4 is 5.32 Å². The van der Waals surface area contributed by atoms with E-state index in [4.69, 9.17) is 0 Å². The summed E-state index contributed by atoms with van der Waals surface area (Å²) in [6.45, 7) is 5.79. The van der Waals surface area contributed by atoms with E-state index in [2.05, 4.69) is 20.4 Å². The van der Waals surface area contributed by atoms with Crippen molar-refractivity contribution in [3.63, 3.8) is 0 Å². The third-order valence-corrected chi connectivity index (χ3v) is 3.41. The van der Waals surface area contributed by atoms with Crippen molar-refractivity contribution in [1.29, 1.82) is 0 Å². The summed E-state index contributed by atoms with van der Waals surface area (Å²) in [5.74, 6) is 0.465. The highest BCUT2D eigenvalue weighted by Crippen LogP contribution is 2.12. The molecule has 23 heavy (non-hydrogen) atoms. The number of carbonyl (C=O) groups excluding carboxylic acids is 1. The average Bonchev–Trinajstić information content (AvgIpc) is 2.88. The lowest BCUT2D eigenvalue weighted by Gasteiger charge is -2.07. The van der Waals surface area contributed by atoms with Crippen molar-refractivity contribution in [3.8, 4) is 5.82 Å². The molecule has 0 aliphatic heterocycles. The van der Waals surface area contributed by atoms with Gasteiger partial charge in [-0.3, -0.25) is 9.78 Å². The Morgan fingerprint density at radius 3 is 2.39 bits per heavy atom. The Kier molecular flexibility index (Phi) is 3.89. The van der Waals surface area contributed by atoms with Gasteiger partial charge in [-0.1, -0.05) is 0 Å². The molecule has 0 aliphatic carbocycles. The van der Waals surface area contributed by atoms with Gasteiger partial charge in [0.15, 0.2) is 5.82 Å². The van der Waals surface area contributed by atoms with Crippen molar-refractivity contribution < 1.29 is 4.79 Å². The van der Waals surface area contributed by atoms with Crippen LogP contribution in [0.25, 0.3) is 5.82 Å². The Labute approximate surface area is 134 Å². The summed E-state index contributed by atoms with van der Waals surface area (Å²) < 4.78 is 1.75. The van der Waals surface area contributed by atoms with Gasteiger partial charge in [-0.15, -0.1) is 0 Å². The first kappa shape index (κ1) is 14.9. The van der Waals surface area contributed by atoms with E-state index < -0.39 is 0 Å². The van der Waals surface area contributed by atoms with Gasteiger partial charge in [0.2, 0.25) is 0 Å². The summed E-state index contributed by atoms with van der Waals surface area (Å²) >= 11 is 0. The summed E-state index contributed by atoms with van der Waals surface area (Å²) in [5.41, 5.74) is 3.97. The van der Waals surface area contributed by atoms with Gasteiger partial charge in [0.1, 0.15) is 0 Å². The van der Waals surface area contributed by atoms with Crippen LogP contribution >= 0.6 is 0 Å². The molecule has 1 N–H and O–H groups in total. The van der Waals surface area contributed by atoms with E-state index in [0.717, 1.165) is 17.1 Å². The van der Waals surface area contributed by atoms with Crippen LogP contribution in [0.15, 0.2) is 42.7 Å². The molecule has 0 aliphatic rings. The van der Waals surface area contributed by atoms with Gasteiger partial charge >= 0.3 is 0 Å². The first-order chi connectivity index (χ1) is 11.0. The number of aromatic nitrogens is 4. The minimum absolute atomic E-state index is 0.219. The predicted octanol–water partition coefficient (Wildman–Crippen LogP) is 2.84. The highest BCUT2D eigenvalue weighted by molar-refractivity contribution is 6.04. The zero-order valence-electron chi connectivity index (χ0n) is 13.2. The molecular weight excluding hydrogens is 290 g/mol. The van der Waals surface area contributed by atoms with Crippen LogP contribution in [0, 0.1) is 20.8 Å². The van der Waals surface area contributed by atoms with Gasteiger partial charge in [0.25, 0.3) is 5.91 Å². The van der Waals surface area contributed by atoms with E-state index in [1.54, 1.807) is 29.2 Å². The Hall–Kier alpha value is -3.02. The Morgan fingerprint density at radius 2 is 1.83 bits per heavy atom. The minimum Gasteiger partial charge on any atom is -0.321 e. The molecule has 1 amide bonds. The summed E-state index contributed by atoms with van der Waals surface area (Å²) in [6.07, 6.45) is 3.17. The topological polar surface area (TPSA) is 72.7 Å². The van der Waals surface area contributed by atoms with Crippen molar-refractivity contribution in [3.05, 3.63) is 65.4 Å². The molecular formula is C17H17N5O. The maximum absolute atomic E-state index is 12.2. The first-order valence-corrected chi connectivity index (χ1v) is 7.26. The van der Waals surface area contributed by atoms with Crippen molar-refractivity contribution in [2.75, 3.05) is 5.32 Å². The number of hydrogen-bond acceptors (Lipinski definition) is 4. The fourth-order valence-electron chi connectivity index (χ4n) is 2.25. The normalized spacial score (nSPS) is 10.6. The molecule has 0 saturated carbocycles. The van der Waals surface area contributed by atoms with Crippen LogP contribution in [-0.4, -0.2) is 25.7 Å². The van der Waals surface area contributed by atoms with Crippen LogP contribution in [0.4, 0.5) is 5.69 Å². The number of rotatable bonds is 3. The molecule has 3 aromatic heterocycles. The van der Waals surface area contributed by atoms with E-state index in [1.165, 1.54) is 0 Å². The Bertz CT molecular complexity index is 834. The van der Waals surface area contributed by atoms with Crippen molar-refractivity contribution >= 4 is 11.6 Å². The maximum atomic E-state index is 12.2. The fourth-order valence-corrected chi connectivity index (χ4v) is 2.25. The lowest BCUT2D eigenvalue weighted by atomic mass is 10.2. The number of nitrogens with zero attached hydrogens (tertiary/aromatic N) is 4. The summed E-state index contributed by atoms with van der Waals surface area (Å²) in [6, 6.07) is 9.15. The number of aryl methyl sites for hydroxylation is 3. The molecule has 0 atom stereocenters. The zero-order valence-corrected chi connectivity index (χ0v) is 13.2. The largest absolute Gasteiger partial charge is 0.321 e. The van der Waals surface area contributed by atoms with E-state index >= 15 is 0 Å². The lowest BCUT2D eigenvalue weighted by molar-refractivity contribution is 0.102. The number of anilines is 1. The predicted molar refractivity (Wildman–Crippen MR) is 87.8 cm³/mol. The van der Waals surface area contributed by atoms with Crippen LogP contribution in [-0.2, 0) is 0 Å². The number of hydrogen-bond donors (Lipinski definition) is 1. The van der Waals surface area contributed by atoms with Crippen molar-refractivity contribution in [2.45, 2.75) is 20.8 Å². The Morgan fingerprint density at radius 1 is 1.00 bits per heavy atom. The molecule has 3 aromatic rings. The molecule has 0 radical (unpaired) electrons. The molecule has 0 spiro atoms. The van der Waals surface area contributed by atoms with E-state index in [0.29, 0.717) is 17.1 Å². The molecule has 0 fully saturated rings. The molecule has 6 heteroatoms. The standard InChI is InChI=1S/C17H17N5O/c1-11-4-6-15(10-18-11)20-17(23)14-5-7-16(19-9-14)22-13(3)8-12(2)21-22/h4-10H,1-3H3,(H,20,23). The van der Waals surface area contributed by atoms with Crippen LogP contribution in [0.1, 0.15) is 27.4 Å². The van der Waals surface area contributed by atoms with Gasteiger partial charge in [-0.25, -0.2) is 9.67 Å². The van der Waals surface area contributed by atoms with Crippen LogP contribution in [0.2, 0.25) is 0 Å². The minimum atomic E-state index is -0.219. The Balaban J connectivity index is 1.77. The van der Waals surface area contributed by atoms with Gasteiger partial charge in [0.05, 0.1) is 23.1 Å². The number of nitrogens with one attached hydrogen (secondary N) is 1. The van der Waals surface area contributed by atoms with Gasteiger partial charge in [0, 0.05) is 17.6 Å². The fraction of sp³-hybridized carbons (Fsp3) is 0.176. The second-order valence-electron chi connectivity index (χ2n) is 5.39. The average molecular weight is 307 g/mol. The first-order valence-electron chi connectivity index (χ1n) is 7.26. The highest BCUT2D eigenvalue weighted by Gasteiger charge is 2.09. The molecule has 0 bridgehead atoms. The van der Waals surface area contributed by atoms with Crippen molar-refractivity contribution in [1.82, 2.24) is 19.7 Å². The molecule has 6 nitrogen and oxygen atoms in total. The van der Waals surface area contributed by atoms with E-state index in [1.807, 2.05) is 39.0 Å². The van der Waals surface area contributed by atoms with E-state index in [-0.39, 0.29) is 5.91 Å². The highest BCUT2D eigenvalue weighted by atomic mass is 16.1. The number of amides is 1. The summed E-state index contributed by atoms with van der Waals surface area (Å²) in [7, 11) is 0. The van der Waals surface area contributed by atoms with E-state index in [9.17, 15) is 4.79 Å². The summed E-state index contributed by atoms with van der Waals surface area (Å²) in [4.78, 5) is 20.7. The molecule has 3 heterocycles. The number of pyridine rings is 2. The van der Waals surface area contributed by atoms with Crippen molar-refractivity contribution in [2.24, 2.45) is 0 Å². The molecule has 0 saturated heterocycles. The summed E-state index contributed by atoms with van der Waals surface area (Å²) in [5, 5.41) is 7.17. The van der Waals surface area contributed by atoms with Gasteiger partial charge in [-0.2, -0.15) is 5.10 Å². The maximum Gasteiger partial charge on any atom is 0.257 e. The smallest absolute Gasteiger partial charge is 0.257 e. The van der Waals surface area contributed by atoms with Gasteiger partial charge < -0.3 is 5.32 Å². The third-order valence-electron chi connectivity index (χ3n) is 3.41. The quantitative estimate of drug-likeness (QED) is 0.807. The van der Waals surface area contributed by atoms with Crippen LogP contribution in [0.5, 0.6) is 0 Å².